The predicted octanol–water partition coefficient (Wildman–Crippen LogP) is 7.41. The highest BCUT2D eigenvalue weighted by Gasteiger charge is 2.23. The number of hydrogen-bond acceptors (Lipinski definition) is 3. The van der Waals surface area contributed by atoms with Gasteiger partial charge in [0.25, 0.3) is 0 Å². The molecule has 0 saturated heterocycles. The molecule has 0 bridgehead atoms. The average Bonchev–Trinajstić information content (AvgIpc) is 2.71. The van der Waals surface area contributed by atoms with Crippen LogP contribution in [0.4, 0.5) is 4.39 Å². The summed E-state index contributed by atoms with van der Waals surface area (Å²) in [5.41, 5.74) is 3.14. The largest absolute Gasteiger partial charge is 0.508 e. The summed E-state index contributed by atoms with van der Waals surface area (Å²) in [6.07, 6.45) is 0.856. The van der Waals surface area contributed by atoms with Gasteiger partial charge in [0, 0.05) is 16.1 Å². The van der Waals surface area contributed by atoms with Crippen molar-refractivity contribution in [1.82, 2.24) is 0 Å². The van der Waals surface area contributed by atoms with Crippen LogP contribution in [0.3, 0.4) is 0 Å². The van der Waals surface area contributed by atoms with Gasteiger partial charge in [-0.1, -0.05) is 63.6 Å². The molecular formula is C27H30ClFO3. The summed E-state index contributed by atoms with van der Waals surface area (Å²) in [6, 6.07) is 13.5. The van der Waals surface area contributed by atoms with Crippen molar-refractivity contribution in [2.45, 2.75) is 58.3 Å². The Morgan fingerprint density at radius 3 is 2.06 bits per heavy atom. The van der Waals surface area contributed by atoms with Crippen molar-refractivity contribution in [1.29, 1.82) is 0 Å². The van der Waals surface area contributed by atoms with Crippen LogP contribution in [0.15, 0.2) is 48.5 Å². The predicted molar refractivity (Wildman–Crippen MR) is 128 cm³/mol. The first kappa shape index (κ1) is 23.9. The Hall–Kier alpha value is -2.72. The van der Waals surface area contributed by atoms with Gasteiger partial charge in [0.1, 0.15) is 23.1 Å². The van der Waals surface area contributed by atoms with Crippen LogP contribution < -0.4 is 0 Å². The second kappa shape index (κ2) is 9.83. The van der Waals surface area contributed by atoms with E-state index in [0.717, 1.165) is 11.1 Å². The number of aromatic hydroxyl groups is 3. The lowest BCUT2D eigenvalue weighted by atomic mass is 9.87. The lowest BCUT2D eigenvalue weighted by molar-refractivity contribution is 0.446. The lowest BCUT2D eigenvalue weighted by Gasteiger charge is -2.20. The number of hydrogen-bond donors (Lipinski definition) is 3. The fourth-order valence-corrected chi connectivity index (χ4v) is 4.70. The number of phenolic OH excluding ortho intramolecular Hbond substituents is 3. The fraction of sp³-hybridized carbons (Fsp3) is 0.333. The smallest absolute Gasteiger partial charge is 0.133 e. The minimum atomic E-state index is -0.432. The first-order valence-electron chi connectivity index (χ1n) is 10.9. The molecule has 0 amide bonds. The van der Waals surface area contributed by atoms with E-state index in [0.29, 0.717) is 29.0 Å². The minimum Gasteiger partial charge on any atom is -0.508 e. The second-order valence-electron chi connectivity index (χ2n) is 8.90. The van der Waals surface area contributed by atoms with Crippen molar-refractivity contribution in [3.63, 3.8) is 0 Å². The number of rotatable bonds is 7. The zero-order valence-corrected chi connectivity index (χ0v) is 19.6. The maximum absolute atomic E-state index is 15.5. The van der Waals surface area contributed by atoms with Crippen LogP contribution in [0.2, 0.25) is 5.02 Å². The third-order valence-electron chi connectivity index (χ3n) is 6.03. The van der Waals surface area contributed by atoms with Gasteiger partial charge >= 0.3 is 0 Å². The number of phenols is 3. The minimum absolute atomic E-state index is 0.0742. The molecule has 3 aromatic carbocycles. The third kappa shape index (κ3) is 5.02. The Kier molecular flexibility index (Phi) is 7.35. The molecular weight excluding hydrogens is 427 g/mol. The average molecular weight is 457 g/mol. The monoisotopic (exact) mass is 456 g/mol. The number of benzene rings is 3. The molecule has 0 aliphatic heterocycles. The van der Waals surface area contributed by atoms with Crippen LogP contribution in [0.25, 0.3) is 0 Å². The topological polar surface area (TPSA) is 60.7 Å². The molecule has 2 atom stereocenters. The molecule has 0 saturated carbocycles. The molecule has 0 spiro atoms. The summed E-state index contributed by atoms with van der Waals surface area (Å²) in [5.74, 6) is -0.481. The summed E-state index contributed by atoms with van der Waals surface area (Å²) in [6.45, 7) is 7.79. The molecule has 3 N–H and O–H groups in total. The van der Waals surface area contributed by atoms with Crippen molar-refractivity contribution in [2.75, 3.05) is 0 Å². The van der Waals surface area contributed by atoms with E-state index in [2.05, 4.69) is 0 Å². The molecule has 0 fully saturated rings. The molecule has 0 heterocycles. The van der Waals surface area contributed by atoms with Gasteiger partial charge in [-0.2, -0.15) is 0 Å². The van der Waals surface area contributed by atoms with E-state index >= 15 is 4.39 Å². The van der Waals surface area contributed by atoms with E-state index in [4.69, 9.17) is 11.6 Å². The zero-order chi connectivity index (χ0) is 23.6. The van der Waals surface area contributed by atoms with Crippen LogP contribution >= 0.6 is 11.6 Å². The SMILES string of the molecule is CC(C)c1cc(CC(C)c2c(O)ccc(CC(C)c3c(O)cccc3Cl)c2F)ccc1O. The molecule has 0 aromatic heterocycles. The van der Waals surface area contributed by atoms with Gasteiger partial charge in [-0.3, -0.25) is 0 Å². The fourth-order valence-electron chi connectivity index (χ4n) is 4.35. The first-order valence-corrected chi connectivity index (χ1v) is 11.3. The first-order chi connectivity index (χ1) is 15.1. The third-order valence-corrected chi connectivity index (χ3v) is 6.36. The second-order valence-corrected chi connectivity index (χ2v) is 9.31. The van der Waals surface area contributed by atoms with E-state index in [1.807, 2.05) is 39.8 Å². The Labute approximate surface area is 194 Å². The van der Waals surface area contributed by atoms with Crippen LogP contribution in [0.5, 0.6) is 17.2 Å². The molecule has 3 rings (SSSR count). The van der Waals surface area contributed by atoms with E-state index in [9.17, 15) is 15.3 Å². The Morgan fingerprint density at radius 1 is 0.781 bits per heavy atom. The highest BCUT2D eigenvalue weighted by molar-refractivity contribution is 6.31. The number of halogens is 2. The Bertz CT molecular complexity index is 1090. The molecule has 3 nitrogen and oxygen atoms in total. The zero-order valence-electron chi connectivity index (χ0n) is 18.9. The molecule has 3 aromatic rings. The van der Waals surface area contributed by atoms with Crippen LogP contribution in [-0.4, -0.2) is 15.3 Å². The Morgan fingerprint density at radius 2 is 1.41 bits per heavy atom. The highest BCUT2D eigenvalue weighted by Crippen LogP contribution is 2.38. The Balaban J connectivity index is 1.88. The van der Waals surface area contributed by atoms with E-state index in [-0.39, 0.29) is 40.6 Å². The normalized spacial score (nSPS) is 13.3. The van der Waals surface area contributed by atoms with Gasteiger partial charge in [-0.05, 0) is 71.6 Å². The van der Waals surface area contributed by atoms with Gasteiger partial charge in [0.05, 0.1) is 0 Å². The summed E-state index contributed by atoms with van der Waals surface area (Å²) in [7, 11) is 0. The maximum Gasteiger partial charge on any atom is 0.133 e. The van der Waals surface area contributed by atoms with Crippen LogP contribution in [0.1, 0.15) is 73.3 Å². The van der Waals surface area contributed by atoms with Gasteiger partial charge in [0.15, 0.2) is 0 Å². The van der Waals surface area contributed by atoms with Crippen LogP contribution in [-0.2, 0) is 12.8 Å². The maximum atomic E-state index is 15.5. The van der Waals surface area contributed by atoms with Gasteiger partial charge in [-0.25, -0.2) is 4.39 Å². The van der Waals surface area contributed by atoms with Gasteiger partial charge in [-0.15, -0.1) is 0 Å². The quantitative estimate of drug-likeness (QED) is 0.346. The molecule has 2 unspecified atom stereocenters. The molecule has 0 aliphatic rings. The van der Waals surface area contributed by atoms with Gasteiger partial charge in [0.2, 0.25) is 0 Å². The van der Waals surface area contributed by atoms with E-state index in [1.54, 1.807) is 30.3 Å². The van der Waals surface area contributed by atoms with Crippen LogP contribution in [0, 0.1) is 5.82 Å². The summed E-state index contributed by atoms with van der Waals surface area (Å²) in [5, 5.41) is 31.2. The summed E-state index contributed by atoms with van der Waals surface area (Å²) >= 11 is 6.26. The molecule has 0 radical (unpaired) electrons. The summed E-state index contributed by atoms with van der Waals surface area (Å²) in [4.78, 5) is 0. The van der Waals surface area contributed by atoms with Crippen molar-refractivity contribution in [3.8, 4) is 17.2 Å². The molecule has 0 aliphatic carbocycles. The molecule has 170 valence electrons. The van der Waals surface area contributed by atoms with Crippen molar-refractivity contribution in [3.05, 3.63) is 87.2 Å². The molecule has 5 heteroatoms. The summed E-state index contributed by atoms with van der Waals surface area (Å²) < 4.78 is 15.5. The standard InChI is InChI=1S/C27H30ClFO3/c1-15(2)20-14-18(8-10-22(20)30)12-16(3)26-24(32)11-9-19(27(26)29)13-17(4)25-21(28)6-5-7-23(25)31/h5-11,14-17,30-32H,12-13H2,1-4H3. The van der Waals surface area contributed by atoms with E-state index < -0.39 is 5.82 Å². The highest BCUT2D eigenvalue weighted by atomic mass is 35.5. The van der Waals surface area contributed by atoms with Crippen molar-refractivity contribution in [2.24, 2.45) is 0 Å². The van der Waals surface area contributed by atoms with Crippen molar-refractivity contribution < 1.29 is 19.7 Å². The van der Waals surface area contributed by atoms with E-state index in [1.165, 1.54) is 6.07 Å². The lowest BCUT2D eigenvalue weighted by Crippen LogP contribution is -2.08. The van der Waals surface area contributed by atoms with Crippen molar-refractivity contribution >= 4 is 11.6 Å². The molecule has 32 heavy (non-hydrogen) atoms. The van der Waals surface area contributed by atoms with Gasteiger partial charge < -0.3 is 15.3 Å².